The summed E-state index contributed by atoms with van der Waals surface area (Å²) in [7, 11) is 0. The Morgan fingerprint density at radius 3 is 2.82 bits per heavy atom. The second-order valence-corrected chi connectivity index (χ2v) is 4.86. The van der Waals surface area contributed by atoms with Crippen molar-refractivity contribution in [3.05, 3.63) is 41.2 Å². The monoisotopic (exact) mass is 233 g/mol. The number of fused-ring (bicyclic) bond motifs is 1. The number of halogens is 1. The summed E-state index contributed by atoms with van der Waals surface area (Å²) in [5.74, 6) is 0.0531. The van der Waals surface area contributed by atoms with E-state index in [1.165, 1.54) is 18.2 Å². The molecule has 0 aromatic heterocycles. The molecule has 2 N–H and O–H groups in total. The Kier molecular flexibility index (Phi) is 3.01. The predicted octanol–water partition coefficient (Wildman–Crippen LogP) is 2.84. The first-order chi connectivity index (χ1) is 7.99. The lowest BCUT2D eigenvalue weighted by Crippen LogP contribution is -2.06. The van der Waals surface area contributed by atoms with Crippen molar-refractivity contribution in [3.63, 3.8) is 0 Å². The molecule has 0 heterocycles. The van der Waals surface area contributed by atoms with E-state index in [9.17, 15) is 9.18 Å². The van der Waals surface area contributed by atoms with E-state index in [2.05, 4.69) is 13.8 Å². The summed E-state index contributed by atoms with van der Waals surface area (Å²) in [4.78, 5) is 11.0. The Morgan fingerprint density at radius 2 is 2.24 bits per heavy atom. The van der Waals surface area contributed by atoms with Gasteiger partial charge in [-0.1, -0.05) is 19.9 Å². The molecule has 1 aromatic rings. The number of amides is 1. The van der Waals surface area contributed by atoms with Crippen LogP contribution < -0.4 is 5.73 Å². The fraction of sp³-hybridized carbons (Fsp3) is 0.357. The molecule has 0 saturated carbocycles. The summed E-state index contributed by atoms with van der Waals surface area (Å²) in [5, 5.41) is 0. The standard InChI is InChI=1S/C14H16FNO/c1-8(2)12-5-9(6-14(16)17)13-7-10(15)3-4-11(12)13/h3-4,6-8,12H,5H2,1-2H3,(H2,16,17). The van der Waals surface area contributed by atoms with Crippen molar-refractivity contribution >= 4 is 11.5 Å². The van der Waals surface area contributed by atoms with Crippen LogP contribution in [0.1, 0.15) is 37.3 Å². The summed E-state index contributed by atoms with van der Waals surface area (Å²) in [5.41, 5.74) is 7.99. The molecule has 90 valence electrons. The minimum Gasteiger partial charge on any atom is -0.366 e. The molecule has 0 bridgehead atoms. The molecule has 0 saturated heterocycles. The Morgan fingerprint density at radius 1 is 1.53 bits per heavy atom. The van der Waals surface area contributed by atoms with Gasteiger partial charge in [0.15, 0.2) is 0 Å². The maximum absolute atomic E-state index is 13.3. The van der Waals surface area contributed by atoms with Crippen LogP contribution >= 0.6 is 0 Å². The number of hydrogen-bond donors (Lipinski definition) is 1. The third-order valence-corrected chi connectivity index (χ3v) is 3.32. The molecule has 1 atom stereocenters. The van der Waals surface area contributed by atoms with Gasteiger partial charge >= 0.3 is 0 Å². The van der Waals surface area contributed by atoms with E-state index in [0.29, 0.717) is 11.8 Å². The summed E-state index contributed by atoms with van der Waals surface area (Å²) in [6.45, 7) is 4.26. The topological polar surface area (TPSA) is 43.1 Å². The van der Waals surface area contributed by atoms with E-state index in [-0.39, 0.29) is 5.82 Å². The van der Waals surface area contributed by atoms with Crippen LogP contribution in [0, 0.1) is 11.7 Å². The van der Waals surface area contributed by atoms with E-state index in [1.54, 1.807) is 0 Å². The van der Waals surface area contributed by atoms with Crippen LogP contribution in [0.2, 0.25) is 0 Å². The van der Waals surface area contributed by atoms with Gasteiger partial charge in [-0.3, -0.25) is 4.79 Å². The molecule has 0 aliphatic heterocycles. The molecule has 1 aromatic carbocycles. The van der Waals surface area contributed by atoms with Crippen LogP contribution in [0.3, 0.4) is 0 Å². The van der Waals surface area contributed by atoms with Gasteiger partial charge in [-0.15, -0.1) is 0 Å². The lowest BCUT2D eigenvalue weighted by molar-refractivity contribution is -0.113. The quantitative estimate of drug-likeness (QED) is 0.784. The van der Waals surface area contributed by atoms with Gasteiger partial charge in [0.2, 0.25) is 5.91 Å². The lowest BCUT2D eigenvalue weighted by atomic mass is 9.90. The van der Waals surface area contributed by atoms with Gasteiger partial charge in [-0.05, 0) is 47.1 Å². The van der Waals surface area contributed by atoms with Crippen LogP contribution in [-0.2, 0) is 4.79 Å². The van der Waals surface area contributed by atoms with E-state index in [0.717, 1.165) is 23.1 Å². The Balaban J connectivity index is 2.52. The molecule has 0 radical (unpaired) electrons. The third kappa shape index (κ3) is 2.23. The maximum Gasteiger partial charge on any atom is 0.241 e. The number of carbonyl (C=O) groups excluding carboxylic acids is 1. The van der Waals surface area contributed by atoms with Crippen LogP contribution in [0.5, 0.6) is 0 Å². The summed E-state index contributed by atoms with van der Waals surface area (Å²) in [6, 6.07) is 4.78. The largest absolute Gasteiger partial charge is 0.366 e. The molecule has 3 heteroatoms. The van der Waals surface area contributed by atoms with Crippen molar-refractivity contribution in [2.75, 3.05) is 0 Å². The number of rotatable bonds is 2. The molecule has 17 heavy (non-hydrogen) atoms. The van der Waals surface area contributed by atoms with E-state index >= 15 is 0 Å². The van der Waals surface area contributed by atoms with Crippen molar-refractivity contribution in [1.82, 2.24) is 0 Å². The zero-order valence-electron chi connectivity index (χ0n) is 10.0. The van der Waals surface area contributed by atoms with Crippen LogP contribution in [0.15, 0.2) is 24.3 Å². The van der Waals surface area contributed by atoms with Gasteiger partial charge in [-0.2, -0.15) is 0 Å². The van der Waals surface area contributed by atoms with Gasteiger partial charge in [0.25, 0.3) is 0 Å². The van der Waals surface area contributed by atoms with Crippen molar-refractivity contribution in [3.8, 4) is 0 Å². The number of hydrogen-bond acceptors (Lipinski definition) is 1. The highest BCUT2D eigenvalue weighted by Crippen LogP contribution is 2.44. The van der Waals surface area contributed by atoms with Crippen LogP contribution in [0.25, 0.3) is 5.57 Å². The van der Waals surface area contributed by atoms with Crippen molar-refractivity contribution in [2.45, 2.75) is 26.2 Å². The van der Waals surface area contributed by atoms with Gasteiger partial charge in [-0.25, -0.2) is 4.39 Å². The van der Waals surface area contributed by atoms with E-state index in [4.69, 9.17) is 5.73 Å². The van der Waals surface area contributed by atoms with E-state index < -0.39 is 5.91 Å². The fourth-order valence-corrected chi connectivity index (χ4v) is 2.49. The Hall–Kier alpha value is -1.64. The van der Waals surface area contributed by atoms with Crippen LogP contribution in [-0.4, -0.2) is 5.91 Å². The maximum atomic E-state index is 13.3. The molecule has 1 aliphatic rings. The smallest absolute Gasteiger partial charge is 0.241 e. The molecular weight excluding hydrogens is 217 g/mol. The van der Waals surface area contributed by atoms with Gasteiger partial charge in [0.05, 0.1) is 0 Å². The predicted molar refractivity (Wildman–Crippen MR) is 65.8 cm³/mol. The van der Waals surface area contributed by atoms with Crippen LogP contribution in [0.4, 0.5) is 4.39 Å². The lowest BCUT2D eigenvalue weighted by Gasteiger charge is -2.14. The molecule has 1 amide bonds. The summed E-state index contributed by atoms with van der Waals surface area (Å²) >= 11 is 0. The number of benzene rings is 1. The SMILES string of the molecule is CC(C)C1CC(=CC(N)=O)c2cc(F)ccc21. The highest BCUT2D eigenvalue weighted by molar-refractivity contribution is 5.95. The molecule has 0 fully saturated rings. The summed E-state index contributed by atoms with van der Waals surface area (Å²) < 4.78 is 13.3. The minimum absolute atomic E-state index is 0.275. The highest BCUT2D eigenvalue weighted by Gasteiger charge is 2.29. The Bertz CT molecular complexity index is 491. The molecule has 0 spiro atoms. The fourth-order valence-electron chi connectivity index (χ4n) is 2.49. The zero-order valence-corrected chi connectivity index (χ0v) is 10.0. The van der Waals surface area contributed by atoms with Gasteiger partial charge in [0.1, 0.15) is 5.82 Å². The molecule has 2 nitrogen and oxygen atoms in total. The van der Waals surface area contributed by atoms with Gasteiger partial charge in [0, 0.05) is 6.08 Å². The van der Waals surface area contributed by atoms with Crippen molar-refractivity contribution in [1.29, 1.82) is 0 Å². The first-order valence-corrected chi connectivity index (χ1v) is 5.79. The third-order valence-electron chi connectivity index (χ3n) is 3.32. The zero-order chi connectivity index (χ0) is 12.6. The number of carbonyl (C=O) groups is 1. The van der Waals surface area contributed by atoms with Gasteiger partial charge < -0.3 is 5.73 Å². The molecule has 1 unspecified atom stereocenters. The van der Waals surface area contributed by atoms with Crippen molar-refractivity contribution < 1.29 is 9.18 Å². The summed E-state index contributed by atoms with van der Waals surface area (Å²) in [6.07, 6.45) is 2.18. The van der Waals surface area contributed by atoms with Crippen molar-refractivity contribution in [2.24, 2.45) is 11.7 Å². The average Bonchev–Trinajstić information content (AvgIpc) is 2.56. The number of primary amides is 1. The molecule has 1 aliphatic carbocycles. The second kappa shape index (κ2) is 4.32. The average molecular weight is 233 g/mol. The number of nitrogens with two attached hydrogens (primary N) is 1. The first-order valence-electron chi connectivity index (χ1n) is 5.79. The molecule has 2 rings (SSSR count). The van der Waals surface area contributed by atoms with E-state index in [1.807, 2.05) is 6.07 Å². The normalized spacial score (nSPS) is 20.9. The molecular formula is C14H16FNO. The minimum atomic E-state index is -0.473. The highest BCUT2D eigenvalue weighted by atomic mass is 19.1. The number of allylic oxidation sites excluding steroid dienone is 1. The Labute approximate surface area is 100 Å². The second-order valence-electron chi connectivity index (χ2n) is 4.86. The first kappa shape index (κ1) is 11.8.